The quantitative estimate of drug-likeness (QED) is 0.424. The van der Waals surface area contributed by atoms with Crippen LogP contribution in [0, 0.1) is 10.1 Å². The third kappa shape index (κ3) is 4.55. The molecule has 132 valence electrons. The fraction of sp³-hybridized carbons (Fsp3) is 0.353. The maximum atomic E-state index is 11.9. The molecule has 2 heterocycles. The molecule has 0 unspecified atom stereocenters. The van der Waals surface area contributed by atoms with Crippen LogP contribution < -0.4 is 4.74 Å². The van der Waals surface area contributed by atoms with Crippen LogP contribution in [0.4, 0.5) is 5.69 Å². The standard InChI is InChI=1S/C17H17NO6S/c19-16(5-1-3-15-4-2-6-25-15)23-10-13-8-14(18(20)21)7-12-9-22-11-24-17(12)13/h2,4,6-8H,1,3,5,9-11H2. The molecule has 1 aromatic heterocycles. The molecule has 7 nitrogen and oxygen atoms in total. The summed E-state index contributed by atoms with van der Waals surface area (Å²) in [7, 11) is 0. The normalized spacial score (nSPS) is 13.0. The van der Waals surface area contributed by atoms with Crippen LogP contribution in [0.1, 0.15) is 28.8 Å². The number of non-ortho nitro benzene ring substituents is 1. The van der Waals surface area contributed by atoms with Gasteiger partial charge in [-0.2, -0.15) is 0 Å². The molecule has 0 spiro atoms. The molecule has 0 saturated carbocycles. The molecule has 0 amide bonds. The van der Waals surface area contributed by atoms with E-state index in [2.05, 4.69) is 0 Å². The SMILES string of the molecule is O=C(CCCc1cccs1)OCc1cc([N+](=O)[O-])cc2c1OCOC2. The van der Waals surface area contributed by atoms with E-state index in [-0.39, 0.29) is 31.7 Å². The summed E-state index contributed by atoms with van der Waals surface area (Å²) in [6, 6.07) is 6.81. The van der Waals surface area contributed by atoms with Gasteiger partial charge < -0.3 is 14.2 Å². The number of hydrogen-bond donors (Lipinski definition) is 0. The number of thiophene rings is 1. The van der Waals surface area contributed by atoms with Crippen molar-refractivity contribution in [3.05, 3.63) is 55.8 Å². The molecule has 1 aliphatic heterocycles. The molecule has 25 heavy (non-hydrogen) atoms. The van der Waals surface area contributed by atoms with Gasteiger partial charge in [-0.05, 0) is 24.3 Å². The molecule has 0 N–H and O–H groups in total. The van der Waals surface area contributed by atoms with Gasteiger partial charge in [0.2, 0.25) is 0 Å². The lowest BCUT2D eigenvalue weighted by Gasteiger charge is -2.20. The molecule has 8 heteroatoms. The maximum absolute atomic E-state index is 11.9. The number of aryl methyl sites for hydroxylation is 1. The molecule has 0 radical (unpaired) electrons. The number of rotatable bonds is 7. The smallest absolute Gasteiger partial charge is 0.306 e. The summed E-state index contributed by atoms with van der Waals surface area (Å²) in [5.74, 6) is 0.173. The molecular weight excluding hydrogens is 346 g/mol. The van der Waals surface area contributed by atoms with E-state index in [4.69, 9.17) is 14.2 Å². The average molecular weight is 363 g/mol. The summed E-state index contributed by atoms with van der Waals surface area (Å²) in [5, 5.41) is 13.1. The Balaban J connectivity index is 1.59. The Labute approximate surface area is 148 Å². The van der Waals surface area contributed by atoms with Crippen molar-refractivity contribution in [2.24, 2.45) is 0 Å². The Hall–Kier alpha value is -2.45. The summed E-state index contributed by atoms with van der Waals surface area (Å²) >= 11 is 1.66. The Bertz CT molecular complexity index is 759. The number of nitro groups is 1. The van der Waals surface area contributed by atoms with E-state index in [0.29, 0.717) is 29.7 Å². The average Bonchev–Trinajstić information content (AvgIpc) is 3.12. The minimum absolute atomic E-state index is 0.0537. The van der Waals surface area contributed by atoms with Gasteiger partial charge in [0.1, 0.15) is 12.4 Å². The van der Waals surface area contributed by atoms with E-state index >= 15 is 0 Å². The van der Waals surface area contributed by atoms with Crippen LogP contribution in [0.15, 0.2) is 29.6 Å². The Morgan fingerprint density at radius 1 is 1.40 bits per heavy atom. The van der Waals surface area contributed by atoms with Gasteiger partial charge in [-0.15, -0.1) is 11.3 Å². The molecule has 0 saturated heterocycles. The second kappa shape index (κ2) is 8.09. The van der Waals surface area contributed by atoms with Crippen LogP contribution in [-0.4, -0.2) is 17.7 Å². The maximum Gasteiger partial charge on any atom is 0.306 e. The third-order valence-corrected chi connectivity index (χ3v) is 4.69. The van der Waals surface area contributed by atoms with Gasteiger partial charge in [0, 0.05) is 34.6 Å². The molecule has 0 bridgehead atoms. The summed E-state index contributed by atoms with van der Waals surface area (Å²) in [6.07, 6.45) is 1.84. The molecule has 2 aromatic rings. The summed E-state index contributed by atoms with van der Waals surface area (Å²) in [5.41, 5.74) is 1.000. The first-order valence-electron chi connectivity index (χ1n) is 7.82. The van der Waals surface area contributed by atoms with Crippen LogP contribution in [0.2, 0.25) is 0 Å². The number of carbonyl (C=O) groups excluding carboxylic acids is 1. The number of benzene rings is 1. The zero-order chi connectivity index (χ0) is 17.6. The van der Waals surface area contributed by atoms with E-state index in [9.17, 15) is 14.9 Å². The highest BCUT2D eigenvalue weighted by molar-refractivity contribution is 7.09. The molecule has 0 fully saturated rings. The zero-order valence-corrected chi connectivity index (χ0v) is 14.3. The summed E-state index contributed by atoms with van der Waals surface area (Å²) in [4.78, 5) is 23.7. The lowest BCUT2D eigenvalue weighted by atomic mass is 10.1. The van der Waals surface area contributed by atoms with E-state index in [0.717, 1.165) is 6.42 Å². The van der Waals surface area contributed by atoms with Crippen LogP contribution in [0.25, 0.3) is 0 Å². The second-order valence-electron chi connectivity index (χ2n) is 5.55. The Morgan fingerprint density at radius 2 is 2.28 bits per heavy atom. The summed E-state index contributed by atoms with van der Waals surface area (Å²) in [6.45, 7) is 0.257. The second-order valence-corrected chi connectivity index (χ2v) is 6.59. The minimum atomic E-state index is -0.485. The number of fused-ring (bicyclic) bond motifs is 1. The highest BCUT2D eigenvalue weighted by Crippen LogP contribution is 2.33. The first-order chi connectivity index (χ1) is 12.1. The molecule has 3 rings (SSSR count). The molecular formula is C17H17NO6S. The van der Waals surface area contributed by atoms with Crippen molar-refractivity contribution >= 4 is 23.0 Å². The van der Waals surface area contributed by atoms with E-state index < -0.39 is 4.92 Å². The highest BCUT2D eigenvalue weighted by atomic mass is 32.1. The predicted molar refractivity (Wildman–Crippen MR) is 90.4 cm³/mol. The fourth-order valence-electron chi connectivity index (χ4n) is 2.59. The van der Waals surface area contributed by atoms with Crippen molar-refractivity contribution in [1.82, 2.24) is 0 Å². The molecule has 0 aliphatic carbocycles. The lowest BCUT2D eigenvalue weighted by molar-refractivity contribution is -0.385. The van der Waals surface area contributed by atoms with Crippen LogP contribution in [0.5, 0.6) is 5.75 Å². The van der Waals surface area contributed by atoms with Gasteiger partial charge in [-0.1, -0.05) is 6.07 Å². The first-order valence-corrected chi connectivity index (χ1v) is 8.70. The number of nitro benzene ring substituents is 1. The third-order valence-electron chi connectivity index (χ3n) is 3.76. The van der Waals surface area contributed by atoms with Crippen molar-refractivity contribution in [2.45, 2.75) is 32.5 Å². The topological polar surface area (TPSA) is 87.9 Å². The van der Waals surface area contributed by atoms with Gasteiger partial charge in [-0.3, -0.25) is 14.9 Å². The Morgan fingerprint density at radius 3 is 3.04 bits per heavy atom. The predicted octanol–water partition coefficient (Wildman–Crippen LogP) is 3.59. The lowest BCUT2D eigenvalue weighted by Crippen LogP contribution is -2.15. The largest absolute Gasteiger partial charge is 0.467 e. The van der Waals surface area contributed by atoms with Gasteiger partial charge in [0.05, 0.1) is 11.5 Å². The van der Waals surface area contributed by atoms with Crippen molar-refractivity contribution in [3.8, 4) is 5.75 Å². The van der Waals surface area contributed by atoms with Crippen molar-refractivity contribution in [3.63, 3.8) is 0 Å². The number of nitrogens with zero attached hydrogens (tertiary/aromatic N) is 1. The van der Waals surface area contributed by atoms with Crippen LogP contribution >= 0.6 is 11.3 Å². The zero-order valence-electron chi connectivity index (χ0n) is 13.4. The monoisotopic (exact) mass is 363 g/mol. The van der Waals surface area contributed by atoms with E-state index in [1.807, 2.05) is 17.5 Å². The molecule has 0 atom stereocenters. The first kappa shape index (κ1) is 17.4. The van der Waals surface area contributed by atoms with Gasteiger partial charge in [0.15, 0.2) is 6.79 Å². The van der Waals surface area contributed by atoms with Crippen molar-refractivity contribution in [2.75, 3.05) is 6.79 Å². The van der Waals surface area contributed by atoms with Crippen molar-refractivity contribution < 1.29 is 23.9 Å². The highest BCUT2D eigenvalue weighted by Gasteiger charge is 2.21. The fourth-order valence-corrected chi connectivity index (χ4v) is 3.34. The minimum Gasteiger partial charge on any atom is -0.467 e. The molecule has 1 aromatic carbocycles. The number of carbonyl (C=O) groups is 1. The van der Waals surface area contributed by atoms with E-state index in [1.165, 1.54) is 17.0 Å². The Kier molecular flexibility index (Phi) is 5.62. The van der Waals surface area contributed by atoms with Gasteiger partial charge in [-0.25, -0.2) is 0 Å². The number of ether oxygens (including phenoxy) is 3. The van der Waals surface area contributed by atoms with Crippen molar-refractivity contribution in [1.29, 1.82) is 0 Å². The van der Waals surface area contributed by atoms with Gasteiger partial charge >= 0.3 is 5.97 Å². The number of esters is 1. The van der Waals surface area contributed by atoms with Gasteiger partial charge in [0.25, 0.3) is 5.69 Å². The summed E-state index contributed by atoms with van der Waals surface area (Å²) < 4.78 is 15.8. The van der Waals surface area contributed by atoms with Crippen LogP contribution in [-0.2, 0) is 33.9 Å². The van der Waals surface area contributed by atoms with Crippen LogP contribution in [0.3, 0.4) is 0 Å². The van der Waals surface area contributed by atoms with E-state index in [1.54, 1.807) is 11.3 Å². The number of hydrogen-bond acceptors (Lipinski definition) is 7. The molecule has 1 aliphatic rings.